The molecule has 1 aromatic rings. The lowest BCUT2D eigenvalue weighted by molar-refractivity contribution is -0.114. The molecular weight excluding hydrogens is 220 g/mol. The molecule has 1 amide bonds. The smallest absolute Gasteiger partial charge is 0.221 e. The summed E-state index contributed by atoms with van der Waals surface area (Å²) in [5.41, 5.74) is 0.790. The second-order valence-corrected chi connectivity index (χ2v) is 5.37. The molecule has 0 spiro atoms. The first kappa shape index (κ1) is 11.0. The van der Waals surface area contributed by atoms with Gasteiger partial charge in [-0.15, -0.1) is 11.8 Å². The van der Waals surface area contributed by atoms with Crippen molar-refractivity contribution < 1.29 is 4.79 Å². The number of thioether (sulfide) groups is 1. The van der Waals surface area contributed by atoms with Crippen LogP contribution in [0.2, 0.25) is 0 Å². The van der Waals surface area contributed by atoms with Gasteiger partial charge in [0, 0.05) is 17.5 Å². The maximum absolute atomic E-state index is 10.8. The summed E-state index contributed by atoms with van der Waals surface area (Å²) in [6.45, 7) is 1.48. The van der Waals surface area contributed by atoms with Crippen molar-refractivity contribution in [2.75, 3.05) is 5.32 Å². The fraction of sp³-hybridized carbons (Fsp3) is 0.333. The summed E-state index contributed by atoms with van der Waals surface area (Å²) in [4.78, 5) is 11.9. The lowest BCUT2D eigenvalue weighted by atomic mass is 10.3. The molecule has 1 aromatic carbocycles. The van der Waals surface area contributed by atoms with E-state index in [0.29, 0.717) is 0 Å². The number of benzene rings is 1. The number of nitriles is 1. The molecule has 1 aliphatic carbocycles. The molecule has 1 saturated carbocycles. The highest BCUT2D eigenvalue weighted by atomic mass is 32.2. The van der Waals surface area contributed by atoms with Crippen molar-refractivity contribution in [3.63, 3.8) is 0 Å². The fourth-order valence-corrected chi connectivity index (χ4v) is 2.46. The van der Waals surface area contributed by atoms with E-state index in [9.17, 15) is 4.79 Å². The highest BCUT2D eigenvalue weighted by molar-refractivity contribution is 8.01. The Hall–Kier alpha value is -1.47. The van der Waals surface area contributed by atoms with Crippen LogP contribution < -0.4 is 5.32 Å². The first-order valence-electron chi connectivity index (χ1n) is 5.11. The van der Waals surface area contributed by atoms with E-state index in [4.69, 9.17) is 5.26 Å². The van der Waals surface area contributed by atoms with Gasteiger partial charge in [0.05, 0.1) is 6.07 Å². The molecule has 4 heteroatoms. The Labute approximate surface area is 98.8 Å². The Bertz CT molecular complexity index is 443. The standard InChI is InChI=1S/C12H12N2OS/c1-9(15)14-10-2-4-11(5-3-10)16-12(8-13)6-7-12/h2-5H,6-7H2,1H3,(H,14,15). The van der Waals surface area contributed by atoms with Crippen molar-refractivity contribution in [1.82, 2.24) is 0 Å². The van der Waals surface area contributed by atoms with Crippen LogP contribution in [-0.4, -0.2) is 10.7 Å². The van der Waals surface area contributed by atoms with Crippen LogP contribution in [0.25, 0.3) is 0 Å². The second kappa shape index (κ2) is 4.18. The van der Waals surface area contributed by atoms with Gasteiger partial charge in [0.2, 0.25) is 5.91 Å². The van der Waals surface area contributed by atoms with Crippen LogP contribution in [0.15, 0.2) is 29.2 Å². The van der Waals surface area contributed by atoms with Crippen molar-refractivity contribution in [3.05, 3.63) is 24.3 Å². The molecule has 0 unspecified atom stereocenters. The van der Waals surface area contributed by atoms with Crippen molar-refractivity contribution in [2.24, 2.45) is 0 Å². The number of carbonyl (C=O) groups is 1. The maximum Gasteiger partial charge on any atom is 0.221 e. The lowest BCUT2D eigenvalue weighted by Gasteiger charge is -2.06. The number of carbonyl (C=O) groups excluding carboxylic acids is 1. The number of rotatable bonds is 3. The third-order valence-corrected chi connectivity index (χ3v) is 3.79. The van der Waals surface area contributed by atoms with Crippen LogP contribution in [0.3, 0.4) is 0 Å². The maximum atomic E-state index is 10.8. The predicted molar refractivity (Wildman–Crippen MR) is 64.2 cm³/mol. The van der Waals surface area contributed by atoms with Crippen LogP contribution in [0.1, 0.15) is 19.8 Å². The Balaban J connectivity index is 2.03. The topological polar surface area (TPSA) is 52.9 Å². The van der Waals surface area contributed by atoms with E-state index in [1.807, 2.05) is 24.3 Å². The van der Waals surface area contributed by atoms with Crippen LogP contribution >= 0.6 is 11.8 Å². The quantitative estimate of drug-likeness (QED) is 0.871. The average Bonchev–Trinajstić information content (AvgIpc) is 3.01. The van der Waals surface area contributed by atoms with Gasteiger partial charge in [-0.2, -0.15) is 5.26 Å². The molecule has 0 saturated heterocycles. The minimum Gasteiger partial charge on any atom is -0.326 e. The molecule has 1 N–H and O–H groups in total. The summed E-state index contributed by atoms with van der Waals surface area (Å²) in [5, 5.41) is 11.7. The van der Waals surface area contributed by atoms with Crippen molar-refractivity contribution in [3.8, 4) is 6.07 Å². The molecule has 0 atom stereocenters. The van der Waals surface area contributed by atoms with E-state index < -0.39 is 0 Å². The number of nitrogens with zero attached hydrogens (tertiary/aromatic N) is 1. The Morgan fingerprint density at radius 2 is 2.06 bits per heavy atom. The number of amides is 1. The van der Waals surface area contributed by atoms with Crippen molar-refractivity contribution in [1.29, 1.82) is 5.26 Å². The van der Waals surface area contributed by atoms with Crippen LogP contribution in [-0.2, 0) is 4.79 Å². The van der Waals surface area contributed by atoms with Crippen LogP contribution in [0, 0.1) is 11.3 Å². The Morgan fingerprint density at radius 3 is 2.50 bits per heavy atom. The van der Waals surface area contributed by atoms with E-state index in [0.717, 1.165) is 23.4 Å². The molecule has 0 aliphatic heterocycles. The molecule has 1 aliphatic rings. The van der Waals surface area contributed by atoms with Crippen LogP contribution in [0.4, 0.5) is 5.69 Å². The molecule has 0 radical (unpaired) electrons. The van der Waals surface area contributed by atoms with Gasteiger partial charge in [0.25, 0.3) is 0 Å². The van der Waals surface area contributed by atoms with E-state index in [1.54, 1.807) is 11.8 Å². The monoisotopic (exact) mass is 232 g/mol. The SMILES string of the molecule is CC(=O)Nc1ccc(SC2(C#N)CC2)cc1. The van der Waals surface area contributed by atoms with E-state index in [2.05, 4.69) is 11.4 Å². The van der Waals surface area contributed by atoms with Gasteiger partial charge < -0.3 is 5.32 Å². The largest absolute Gasteiger partial charge is 0.326 e. The minimum absolute atomic E-state index is 0.0731. The van der Waals surface area contributed by atoms with Gasteiger partial charge >= 0.3 is 0 Å². The normalized spacial score (nSPS) is 16.2. The van der Waals surface area contributed by atoms with Gasteiger partial charge in [-0.05, 0) is 37.1 Å². The zero-order valence-electron chi connectivity index (χ0n) is 8.99. The summed E-state index contributed by atoms with van der Waals surface area (Å²) >= 11 is 1.61. The average molecular weight is 232 g/mol. The molecular formula is C12H12N2OS. The first-order valence-corrected chi connectivity index (χ1v) is 5.93. The number of hydrogen-bond acceptors (Lipinski definition) is 3. The third kappa shape index (κ3) is 2.56. The summed E-state index contributed by atoms with van der Waals surface area (Å²) in [5.74, 6) is -0.0731. The molecule has 1 fully saturated rings. The molecule has 0 aromatic heterocycles. The summed E-state index contributed by atoms with van der Waals surface area (Å²) in [7, 11) is 0. The van der Waals surface area contributed by atoms with Gasteiger partial charge in [0.15, 0.2) is 0 Å². The number of anilines is 1. The zero-order valence-corrected chi connectivity index (χ0v) is 9.80. The van der Waals surface area contributed by atoms with Crippen molar-refractivity contribution >= 4 is 23.4 Å². The van der Waals surface area contributed by atoms with E-state index >= 15 is 0 Å². The molecule has 3 nitrogen and oxygen atoms in total. The van der Waals surface area contributed by atoms with Gasteiger partial charge in [-0.25, -0.2) is 0 Å². The van der Waals surface area contributed by atoms with Gasteiger partial charge in [0.1, 0.15) is 4.75 Å². The molecule has 82 valence electrons. The summed E-state index contributed by atoms with van der Waals surface area (Å²) in [6.07, 6.45) is 1.95. The number of hydrogen-bond donors (Lipinski definition) is 1. The molecule has 0 bridgehead atoms. The predicted octanol–water partition coefficient (Wildman–Crippen LogP) is 2.79. The molecule has 16 heavy (non-hydrogen) atoms. The Morgan fingerprint density at radius 1 is 1.44 bits per heavy atom. The second-order valence-electron chi connectivity index (χ2n) is 3.91. The fourth-order valence-electron chi connectivity index (χ4n) is 1.39. The van der Waals surface area contributed by atoms with Gasteiger partial charge in [-0.3, -0.25) is 4.79 Å². The molecule has 0 heterocycles. The van der Waals surface area contributed by atoms with E-state index in [-0.39, 0.29) is 10.7 Å². The van der Waals surface area contributed by atoms with Gasteiger partial charge in [-0.1, -0.05) is 0 Å². The highest BCUT2D eigenvalue weighted by Crippen LogP contribution is 2.51. The lowest BCUT2D eigenvalue weighted by Crippen LogP contribution is -2.05. The Kier molecular flexibility index (Phi) is 2.88. The van der Waals surface area contributed by atoms with Crippen LogP contribution in [0.5, 0.6) is 0 Å². The highest BCUT2D eigenvalue weighted by Gasteiger charge is 2.44. The summed E-state index contributed by atoms with van der Waals surface area (Å²) in [6, 6.07) is 9.93. The number of nitrogens with one attached hydrogen (secondary N) is 1. The third-order valence-electron chi connectivity index (χ3n) is 2.40. The first-order chi connectivity index (χ1) is 7.63. The zero-order chi connectivity index (χ0) is 11.6. The van der Waals surface area contributed by atoms with E-state index in [1.165, 1.54) is 6.92 Å². The minimum atomic E-state index is -0.185. The van der Waals surface area contributed by atoms with Crippen molar-refractivity contribution in [2.45, 2.75) is 29.4 Å². The molecule has 2 rings (SSSR count). The summed E-state index contributed by atoms with van der Waals surface area (Å²) < 4.78 is -0.185.